The monoisotopic (exact) mass is 318 g/mol. The normalized spacial score (nSPS) is 14.2. The van der Waals surface area contributed by atoms with Crippen molar-refractivity contribution in [2.75, 3.05) is 13.6 Å². The fraction of sp³-hybridized carbons (Fsp3) is 0.714. The van der Waals surface area contributed by atoms with E-state index in [-0.39, 0.29) is 12.0 Å². The topological polar surface area (TPSA) is 49.4 Å². The Bertz CT molecular complexity index is 535. The average molecular weight is 319 g/mol. The fourth-order valence-electron chi connectivity index (χ4n) is 1.98. The summed E-state index contributed by atoms with van der Waals surface area (Å²) in [6.07, 6.45) is 0. The molecule has 20 heavy (non-hydrogen) atoms. The van der Waals surface area contributed by atoms with Crippen LogP contribution >= 0.6 is 11.3 Å². The number of hydrogen-bond acceptors (Lipinski definition) is 4. The van der Waals surface area contributed by atoms with E-state index in [4.69, 9.17) is 0 Å². The maximum absolute atomic E-state index is 12.8. The molecule has 0 saturated carbocycles. The van der Waals surface area contributed by atoms with Crippen molar-refractivity contribution in [3.05, 3.63) is 15.8 Å². The Kier molecular flexibility index (Phi) is 6.19. The Morgan fingerprint density at radius 3 is 2.45 bits per heavy atom. The van der Waals surface area contributed by atoms with Crippen LogP contribution in [0.4, 0.5) is 0 Å². The third-order valence-corrected chi connectivity index (χ3v) is 7.11. The zero-order valence-corrected chi connectivity index (χ0v) is 14.9. The summed E-state index contributed by atoms with van der Waals surface area (Å²) in [7, 11) is -1.75. The Balaban J connectivity index is 3.18. The SMILES string of the molecule is CCNCc1scc(C)c1S(=O)(=O)N(C)C(C)C(C)C. The largest absolute Gasteiger partial charge is 0.312 e. The van der Waals surface area contributed by atoms with E-state index in [0.717, 1.165) is 17.0 Å². The lowest BCUT2D eigenvalue weighted by molar-refractivity contribution is 0.315. The zero-order valence-electron chi connectivity index (χ0n) is 13.2. The van der Waals surface area contributed by atoms with Crippen molar-refractivity contribution < 1.29 is 8.42 Å². The lowest BCUT2D eigenvalue weighted by Crippen LogP contribution is -2.38. The molecule has 1 atom stereocenters. The molecule has 1 aromatic heterocycles. The minimum absolute atomic E-state index is 0.0220. The number of thiophene rings is 1. The second kappa shape index (κ2) is 7.02. The molecule has 6 heteroatoms. The molecule has 1 unspecified atom stereocenters. The number of nitrogens with one attached hydrogen (secondary N) is 1. The van der Waals surface area contributed by atoms with Gasteiger partial charge in [0.15, 0.2) is 0 Å². The van der Waals surface area contributed by atoms with E-state index in [1.807, 2.05) is 40.0 Å². The molecule has 0 aliphatic carbocycles. The first-order chi connectivity index (χ1) is 9.23. The van der Waals surface area contributed by atoms with Gasteiger partial charge < -0.3 is 5.32 Å². The highest BCUT2D eigenvalue weighted by Crippen LogP contribution is 2.30. The van der Waals surface area contributed by atoms with Crippen LogP contribution in [0.3, 0.4) is 0 Å². The summed E-state index contributed by atoms with van der Waals surface area (Å²) in [6, 6.07) is -0.0220. The van der Waals surface area contributed by atoms with Gasteiger partial charge in [-0.2, -0.15) is 4.31 Å². The van der Waals surface area contributed by atoms with Crippen molar-refractivity contribution >= 4 is 21.4 Å². The summed E-state index contributed by atoms with van der Waals surface area (Å²) in [6.45, 7) is 11.3. The van der Waals surface area contributed by atoms with Crippen LogP contribution in [0.2, 0.25) is 0 Å². The van der Waals surface area contributed by atoms with Crippen LogP contribution in [0.5, 0.6) is 0 Å². The predicted molar refractivity (Wildman–Crippen MR) is 85.7 cm³/mol. The molecule has 0 radical (unpaired) electrons. The lowest BCUT2D eigenvalue weighted by Gasteiger charge is -2.27. The number of aryl methyl sites for hydroxylation is 1. The molecule has 0 aliphatic heterocycles. The highest BCUT2D eigenvalue weighted by atomic mass is 32.2. The first kappa shape index (κ1) is 17.6. The van der Waals surface area contributed by atoms with Gasteiger partial charge in [0.25, 0.3) is 0 Å². The Morgan fingerprint density at radius 2 is 1.95 bits per heavy atom. The van der Waals surface area contributed by atoms with Gasteiger partial charge in [-0.1, -0.05) is 20.8 Å². The first-order valence-electron chi connectivity index (χ1n) is 6.99. The predicted octanol–water partition coefficient (Wildman–Crippen LogP) is 2.83. The van der Waals surface area contributed by atoms with Crippen LogP contribution in [0.1, 0.15) is 38.1 Å². The van der Waals surface area contributed by atoms with Crippen molar-refractivity contribution in [1.82, 2.24) is 9.62 Å². The van der Waals surface area contributed by atoms with Gasteiger partial charge in [0.1, 0.15) is 4.90 Å². The Labute approximate surface area is 127 Å². The minimum Gasteiger partial charge on any atom is -0.312 e. The van der Waals surface area contributed by atoms with Crippen molar-refractivity contribution in [2.45, 2.75) is 52.1 Å². The third kappa shape index (κ3) is 3.61. The smallest absolute Gasteiger partial charge is 0.244 e. The molecule has 1 aromatic rings. The molecule has 116 valence electrons. The van der Waals surface area contributed by atoms with Gasteiger partial charge in [-0.05, 0) is 37.3 Å². The van der Waals surface area contributed by atoms with Gasteiger partial charge in [-0.15, -0.1) is 11.3 Å². The van der Waals surface area contributed by atoms with Gasteiger partial charge in [-0.3, -0.25) is 0 Å². The first-order valence-corrected chi connectivity index (χ1v) is 9.31. The Hall–Kier alpha value is -0.430. The van der Waals surface area contributed by atoms with Crippen molar-refractivity contribution in [3.63, 3.8) is 0 Å². The minimum atomic E-state index is -3.43. The number of hydrogen-bond donors (Lipinski definition) is 1. The van der Waals surface area contributed by atoms with Gasteiger partial charge in [-0.25, -0.2) is 8.42 Å². The van der Waals surface area contributed by atoms with Gasteiger partial charge in [0.05, 0.1) is 0 Å². The van der Waals surface area contributed by atoms with Gasteiger partial charge in [0, 0.05) is 24.5 Å². The molecule has 1 rings (SSSR count). The molecular formula is C14H26N2O2S2. The second-order valence-electron chi connectivity index (χ2n) is 5.46. The molecule has 0 aromatic carbocycles. The summed E-state index contributed by atoms with van der Waals surface area (Å²) >= 11 is 1.51. The van der Waals surface area contributed by atoms with E-state index in [1.54, 1.807) is 7.05 Å². The molecule has 1 heterocycles. The summed E-state index contributed by atoms with van der Waals surface area (Å²) in [5.74, 6) is 0.283. The summed E-state index contributed by atoms with van der Waals surface area (Å²) in [4.78, 5) is 1.38. The Morgan fingerprint density at radius 1 is 1.35 bits per heavy atom. The number of rotatable bonds is 7. The molecule has 1 N–H and O–H groups in total. The molecule has 0 spiro atoms. The third-order valence-electron chi connectivity index (χ3n) is 3.70. The van der Waals surface area contributed by atoms with Gasteiger partial charge >= 0.3 is 0 Å². The highest BCUT2D eigenvalue weighted by Gasteiger charge is 2.31. The summed E-state index contributed by atoms with van der Waals surface area (Å²) in [5, 5.41) is 5.13. The molecule has 0 aliphatic rings. The molecule has 4 nitrogen and oxygen atoms in total. The molecule has 0 saturated heterocycles. The molecule has 0 amide bonds. The average Bonchev–Trinajstić information content (AvgIpc) is 2.76. The molecular weight excluding hydrogens is 292 g/mol. The standard InChI is InChI=1S/C14H26N2O2S2/c1-7-15-8-13-14(11(4)9-19-13)20(17,18)16(6)12(5)10(2)3/h9-10,12,15H,7-8H2,1-6H3. The van der Waals surface area contributed by atoms with E-state index in [0.29, 0.717) is 11.4 Å². The van der Waals surface area contributed by atoms with Crippen LogP contribution in [-0.2, 0) is 16.6 Å². The van der Waals surface area contributed by atoms with Crippen LogP contribution in [0.25, 0.3) is 0 Å². The number of nitrogens with zero attached hydrogens (tertiary/aromatic N) is 1. The van der Waals surface area contributed by atoms with Gasteiger partial charge in [0.2, 0.25) is 10.0 Å². The second-order valence-corrected chi connectivity index (χ2v) is 8.36. The van der Waals surface area contributed by atoms with Crippen molar-refractivity contribution in [3.8, 4) is 0 Å². The van der Waals surface area contributed by atoms with E-state index >= 15 is 0 Å². The summed E-state index contributed by atoms with van der Waals surface area (Å²) < 4.78 is 27.2. The van der Waals surface area contributed by atoms with E-state index in [2.05, 4.69) is 5.32 Å². The lowest BCUT2D eigenvalue weighted by atomic mass is 10.1. The van der Waals surface area contributed by atoms with E-state index in [1.165, 1.54) is 15.6 Å². The number of sulfonamides is 1. The molecule has 0 fully saturated rings. The van der Waals surface area contributed by atoms with Crippen molar-refractivity contribution in [2.24, 2.45) is 5.92 Å². The summed E-state index contributed by atoms with van der Waals surface area (Å²) in [5.41, 5.74) is 0.839. The maximum atomic E-state index is 12.8. The quantitative estimate of drug-likeness (QED) is 0.841. The van der Waals surface area contributed by atoms with Crippen molar-refractivity contribution in [1.29, 1.82) is 0 Å². The van der Waals surface area contributed by atoms with E-state index < -0.39 is 10.0 Å². The highest BCUT2D eigenvalue weighted by molar-refractivity contribution is 7.89. The maximum Gasteiger partial charge on any atom is 0.244 e. The van der Waals surface area contributed by atoms with Crippen LogP contribution in [0, 0.1) is 12.8 Å². The van der Waals surface area contributed by atoms with E-state index in [9.17, 15) is 8.42 Å². The van der Waals surface area contributed by atoms with Crippen LogP contribution in [0.15, 0.2) is 10.3 Å². The van der Waals surface area contributed by atoms with Crippen LogP contribution < -0.4 is 5.32 Å². The molecule has 0 bridgehead atoms. The van der Waals surface area contributed by atoms with Crippen LogP contribution in [-0.4, -0.2) is 32.4 Å². The zero-order chi connectivity index (χ0) is 15.5. The fourth-order valence-corrected chi connectivity index (χ4v) is 5.20.